The number of fused-ring (bicyclic) bond motifs is 7. The zero-order valence-electron chi connectivity index (χ0n) is 19.2. The molecule has 1 aromatic heterocycles. The zero-order valence-corrected chi connectivity index (χ0v) is 19.2. The van der Waals surface area contributed by atoms with Crippen molar-refractivity contribution in [1.29, 1.82) is 0 Å². The lowest BCUT2D eigenvalue weighted by molar-refractivity contribution is -0.149. The average Bonchev–Trinajstić information content (AvgIpc) is 3.38. The fourth-order valence-electron chi connectivity index (χ4n) is 6.89. The van der Waals surface area contributed by atoms with E-state index in [-0.39, 0.29) is 17.5 Å². The van der Waals surface area contributed by atoms with Crippen LogP contribution in [-0.4, -0.2) is 41.4 Å². The van der Waals surface area contributed by atoms with Crippen LogP contribution in [0, 0.1) is 5.41 Å². The van der Waals surface area contributed by atoms with Crippen LogP contribution in [0.15, 0.2) is 35.3 Å². The molecule has 1 spiro atoms. The minimum Gasteiger partial charge on any atom is -0.464 e. The van der Waals surface area contributed by atoms with Gasteiger partial charge >= 0.3 is 0 Å². The summed E-state index contributed by atoms with van der Waals surface area (Å²) in [5.74, 6) is 2.89. The Morgan fingerprint density at radius 2 is 2.10 bits per heavy atom. The van der Waals surface area contributed by atoms with Gasteiger partial charge in [0.2, 0.25) is 5.91 Å². The van der Waals surface area contributed by atoms with Gasteiger partial charge in [-0.15, -0.1) is 6.58 Å². The number of likely N-dealkylation sites (tertiary alicyclic amines) is 1. The van der Waals surface area contributed by atoms with E-state index in [4.69, 9.17) is 4.42 Å². The van der Waals surface area contributed by atoms with Crippen LogP contribution in [-0.2, 0) is 11.2 Å². The first-order valence-electron chi connectivity index (χ1n) is 12.7. The number of nitrogens with zero attached hydrogens (tertiary/aromatic N) is 2. The van der Waals surface area contributed by atoms with Gasteiger partial charge in [-0.3, -0.25) is 9.69 Å². The molecule has 6 bridgehead atoms. The number of piperidine rings is 1. The summed E-state index contributed by atoms with van der Waals surface area (Å²) >= 11 is 0. The number of hydrogen-bond acceptors (Lipinski definition) is 3. The van der Waals surface area contributed by atoms with E-state index in [1.54, 1.807) is 0 Å². The number of carbonyl (C=O) groups excluding carboxylic acids is 1. The number of carbonyl (C=O) groups is 1. The van der Waals surface area contributed by atoms with E-state index in [1.165, 1.54) is 24.8 Å². The molecule has 168 valence electrons. The van der Waals surface area contributed by atoms with E-state index in [0.29, 0.717) is 11.8 Å². The van der Waals surface area contributed by atoms with Crippen LogP contribution in [0.25, 0.3) is 0 Å². The summed E-state index contributed by atoms with van der Waals surface area (Å²) in [4.78, 5) is 18.9. The Morgan fingerprint density at radius 1 is 1.23 bits per heavy atom. The smallest absolute Gasteiger partial charge is 0.231 e. The summed E-state index contributed by atoms with van der Waals surface area (Å²) in [6.45, 7) is 9.25. The maximum atomic E-state index is 14.2. The fourth-order valence-corrected chi connectivity index (χ4v) is 6.89. The molecule has 1 aromatic rings. The number of furan rings is 1. The lowest BCUT2D eigenvalue weighted by Crippen LogP contribution is -2.52. The minimum absolute atomic E-state index is 0.0806. The summed E-state index contributed by atoms with van der Waals surface area (Å²) in [6, 6.07) is 2.65. The molecule has 0 unspecified atom stereocenters. The van der Waals surface area contributed by atoms with Crippen LogP contribution >= 0.6 is 0 Å². The zero-order chi connectivity index (χ0) is 21.4. The molecule has 0 N–H and O–H groups in total. The molecular weight excluding hydrogens is 384 g/mol. The average molecular weight is 423 g/mol. The molecule has 2 saturated heterocycles. The molecule has 6 rings (SSSR count). The minimum atomic E-state index is -0.353. The molecule has 1 aliphatic carbocycles. The fraction of sp³-hybridized carbons (Fsp3) is 0.667. The molecule has 4 nitrogen and oxygen atoms in total. The lowest BCUT2D eigenvalue weighted by Gasteiger charge is -2.44. The lowest BCUT2D eigenvalue weighted by atomic mass is 9.67. The Morgan fingerprint density at radius 3 is 2.94 bits per heavy atom. The van der Waals surface area contributed by atoms with Crippen LogP contribution in [0.3, 0.4) is 0 Å². The summed E-state index contributed by atoms with van der Waals surface area (Å²) in [5, 5.41) is 0. The van der Waals surface area contributed by atoms with Crippen LogP contribution in [0.2, 0.25) is 0 Å². The topological polar surface area (TPSA) is 36.7 Å². The van der Waals surface area contributed by atoms with Gasteiger partial charge in [0, 0.05) is 31.5 Å². The van der Waals surface area contributed by atoms with Gasteiger partial charge < -0.3 is 9.32 Å². The molecule has 5 heterocycles. The Hall–Kier alpha value is -1.81. The quantitative estimate of drug-likeness (QED) is 0.447. The molecule has 5 aliphatic rings. The second-order valence-corrected chi connectivity index (χ2v) is 10.1. The third kappa shape index (κ3) is 3.33. The first-order chi connectivity index (χ1) is 15.2. The Kier molecular flexibility index (Phi) is 5.85. The van der Waals surface area contributed by atoms with Crippen molar-refractivity contribution in [1.82, 2.24) is 9.80 Å². The van der Waals surface area contributed by atoms with Crippen LogP contribution in [0.4, 0.5) is 0 Å². The predicted molar refractivity (Wildman–Crippen MR) is 124 cm³/mol. The molecule has 1 amide bonds. The summed E-state index contributed by atoms with van der Waals surface area (Å²) < 4.78 is 6.59. The van der Waals surface area contributed by atoms with Gasteiger partial charge in [-0.1, -0.05) is 38.0 Å². The van der Waals surface area contributed by atoms with Crippen molar-refractivity contribution < 1.29 is 9.21 Å². The van der Waals surface area contributed by atoms with E-state index in [9.17, 15) is 4.79 Å². The second kappa shape index (κ2) is 8.61. The second-order valence-electron chi connectivity index (χ2n) is 10.1. The molecule has 4 aliphatic heterocycles. The maximum Gasteiger partial charge on any atom is 0.231 e. The van der Waals surface area contributed by atoms with Gasteiger partial charge in [0.05, 0.1) is 11.5 Å². The van der Waals surface area contributed by atoms with E-state index in [0.717, 1.165) is 76.1 Å². The van der Waals surface area contributed by atoms with Gasteiger partial charge in [-0.05, 0) is 63.1 Å². The Labute approximate surface area is 187 Å². The molecular formula is C27H38N2O2. The summed E-state index contributed by atoms with van der Waals surface area (Å²) in [6.07, 6.45) is 17.6. The predicted octanol–water partition coefficient (Wildman–Crippen LogP) is 5.76. The third-order valence-corrected chi connectivity index (χ3v) is 8.32. The molecule has 0 saturated carbocycles. The van der Waals surface area contributed by atoms with Gasteiger partial charge in [-0.2, -0.15) is 0 Å². The highest BCUT2D eigenvalue weighted by molar-refractivity contribution is 5.88. The molecule has 4 heteroatoms. The highest BCUT2D eigenvalue weighted by Crippen LogP contribution is 2.67. The molecule has 2 fully saturated rings. The standard InChI is InChI=1S/C27H38N2O2/c1-3-5-11-16-29-20(4-2)19-27-23-14-17-28(26(27)30)15-12-9-7-6-8-10-13-21-18-22(23)24(31-21)25(27)29/h4,6,8,18,20,23,25H,2-3,5,7,9-17,19H2,1H3/b8-6-/t20-,23-,25-,27-/m0/s1. The third-order valence-electron chi connectivity index (χ3n) is 8.32. The van der Waals surface area contributed by atoms with Gasteiger partial charge in [0.1, 0.15) is 11.5 Å². The first-order valence-corrected chi connectivity index (χ1v) is 12.7. The number of aryl methyl sites for hydroxylation is 1. The van der Waals surface area contributed by atoms with Crippen molar-refractivity contribution >= 4 is 5.91 Å². The number of unbranched alkanes of at least 4 members (excludes halogenated alkanes) is 2. The molecule has 0 radical (unpaired) electrons. The van der Waals surface area contributed by atoms with Crippen molar-refractivity contribution in [3.8, 4) is 0 Å². The monoisotopic (exact) mass is 422 g/mol. The SMILES string of the molecule is C=C[C@H]1C[C@@]23C(=O)N4CCCC/C=C\CCc5cc(c(o5)[C@@H]2N1CCCCC)[C@@H]3CC4. The Balaban J connectivity index is 1.58. The largest absolute Gasteiger partial charge is 0.464 e. The van der Waals surface area contributed by atoms with Crippen molar-refractivity contribution in [2.24, 2.45) is 5.41 Å². The molecule has 4 atom stereocenters. The first kappa shape index (κ1) is 21.1. The van der Waals surface area contributed by atoms with Gasteiger partial charge in [0.25, 0.3) is 0 Å². The molecule has 31 heavy (non-hydrogen) atoms. The van der Waals surface area contributed by atoms with E-state index in [2.05, 4.69) is 47.6 Å². The number of rotatable bonds is 5. The summed E-state index contributed by atoms with van der Waals surface area (Å²) in [7, 11) is 0. The number of hydrogen-bond donors (Lipinski definition) is 0. The van der Waals surface area contributed by atoms with Crippen LogP contribution in [0.5, 0.6) is 0 Å². The Bertz CT molecular complexity index is 855. The highest BCUT2D eigenvalue weighted by atomic mass is 16.3. The van der Waals surface area contributed by atoms with Crippen LogP contribution in [0.1, 0.15) is 93.8 Å². The van der Waals surface area contributed by atoms with Crippen molar-refractivity contribution in [3.05, 3.63) is 48.0 Å². The highest BCUT2D eigenvalue weighted by Gasteiger charge is 2.68. The van der Waals surface area contributed by atoms with Gasteiger partial charge in [0.15, 0.2) is 0 Å². The van der Waals surface area contributed by atoms with E-state index >= 15 is 0 Å². The van der Waals surface area contributed by atoms with Crippen LogP contribution < -0.4 is 0 Å². The van der Waals surface area contributed by atoms with Crippen molar-refractivity contribution in [2.45, 2.75) is 89.1 Å². The van der Waals surface area contributed by atoms with Crippen molar-refractivity contribution in [2.75, 3.05) is 19.6 Å². The normalized spacial score (nSPS) is 34.0. The maximum absolute atomic E-state index is 14.2. The number of allylic oxidation sites excluding steroid dienone is 2. The molecule has 0 aromatic carbocycles. The van der Waals surface area contributed by atoms with Crippen molar-refractivity contribution in [3.63, 3.8) is 0 Å². The van der Waals surface area contributed by atoms with E-state index < -0.39 is 0 Å². The summed E-state index contributed by atoms with van der Waals surface area (Å²) in [5.41, 5.74) is 0.990. The van der Waals surface area contributed by atoms with E-state index in [1.807, 2.05) is 0 Å². The number of amides is 1. The van der Waals surface area contributed by atoms with Gasteiger partial charge in [-0.25, -0.2) is 0 Å².